The summed E-state index contributed by atoms with van der Waals surface area (Å²) in [6.07, 6.45) is 3.37. The monoisotopic (exact) mass is 422 g/mol. The molecule has 1 heterocycles. The van der Waals surface area contributed by atoms with Gasteiger partial charge in [-0.3, -0.25) is 25.0 Å². The predicted octanol–water partition coefficient (Wildman–Crippen LogP) is 2.90. The summed E-state index contributed by atoms with van der Waals surface area (Å²) in [6, 6.07) is 12.5. The maximum absolute atomic E-state index is 12.7. The maximum atomic E-state index is 12.7. The Morgan fingerprint density at radius 3 is 2.74 bits per heavy atom. The molecule has 0 saturated carbocycles. The molecule has 1 fully saturated rings. The number of hydrogen-bond acceptors (Lipinski definition) is 5. The summed E-state index contributed by atoms with van der Waals surface area (Å²) in [5.41, 5.74) is 2.90. The number of rotatable bonds is 7. The lowest BCUT2D eigenvalue weighted by atomic mass is 9.89. The fraction of sp³-hybridized carbons (Fsp3) is 0.304. The van der Waals surface area contributed by atoms with Crippen molar-refractivity contribution >= 4 is 24.1 Å². The summed E-state index contributed by atoms with van der Waals surface area (Å²) in [5, 5.41) is 17.5. The van der Waals surface area contributed by atoms with Gasteiger partial charge in [-0.1, -0.05) is 50.2 Å². The first-order valence-electron chi connectivity index (χ1n) is 10.2. The van der Waals surface area contributed by atoms with Crippen molar-refractivity contribution in [2.24, 2.45) is 0 Å². The van der Waals surface area contributed by atoms with Crippen LogP contribution in [-0.4, -0.2) is 47.9 Å². The third-order valence-corrected chi connectivity index (χ3v) is 5.29. The number of amides is 2. The van der Waals surface area contributed by atoms with Gasteiger partial charge in [0.2, 0.25) is 12.3 Å². The lowest BCUT2D eigenvalue weighted by molar-refractivity contribution is -0.384. The second-order valence-electron chi connectivity index (χ2n) is 7.65. The van der Waals surface area contributed by atoms with E-state index >= 15 is 0 Å². The summed E-state index contributed by atoms with van der Waals surface area (Å²) >= 11 is 0. The number of nitro groups is 1. The molecule has 1 unspecified atom stereocenters. The van der Waals surface area contributed by atoms with Gasteiger partial charge < -0.3 is 10.2 Å². The molecular weight excluding hydrogens is 396 g/mol. The maximum Gasteiger partial charge on any atom is 0.277 e. The Morgan fingerprint density at radius 1 is 1.26 bits per heavy atom. The zero-order valence-electron chi connectivity index (χ0n) is 17.6. The van der Waals surface area contributed by atoms with E-state index in [0.717, 1.165) is 11.1 Å². The molecule has 162 valence electrons. The standard InChI is InChI=1S/C23H26N4O4/c1-16(2)18-7-3-4-8-19(18)23-17(6-5-9-20(23)27(30)31)10-11-22(29)26-13-12-24-21(14-26)25-15-28/h3-11,15-16,21,24H,12-14H2,1-2H3,(H,25,28)/b11-10+. The number of nitrogens with zero attached hydrogens (tertiary/aromatic N) is 2. The Balaban J connectivity index is 1.97. The lowest BCUT2D eigenvalue weighted by Gasteiger charge is -2.32. The van der Waals surface area contributed by atoms with Crippen LogP contribution in [0.15, 0.2) is 48.5 Å². The third-order valence-electron chi connectivity index (χ3n) is 5.29. The summed E-state index contributed by atoms with van der Waals surface area (Å²) in [5.74, 6) is -0.0358. The van der Waals surface area contributed by atoms with Crippen LogP contribution in [0.25, 0.3) is 17.2 Å². The van der Waals surface area contributed by atoms with Crippen LogP contribution in [0.5, 0.6) is 0 Å². The highest BCUT2D eigenvalue weighted by atomic mass is 16.6. The summed E-state index contributed by atoms with van der Waals surface area (Å²) < 4.78 is 0. The van der Waals surface area contributed by atoms with Gasteiger partial charge in [0.15, 0.2) is 0 Å². The van der Waals surface area contributed by atoms with Gasteiger partial charge in [0.1, 0.15) is 0 Å². The first-order valence-corrected chi connectivity index (χ1v) is 10.2. The molecule has 1 aliphatic heterocycles. The van der Waals surface area contributed by atoms with E-state index in [1.165, 1.54) is 12.1 Å². The number of benzene rings is 2. The quantitative estimate of drug-likeness (QED) is 0.309. The van der Waals surface area contributed by atoms with Crippen LogP contribution < -0.4 is 10.6 Å². The number of carbonyl (C=O) groups excluding carboxylic acids is 2. The Hall–Kier alpha value is -3.52. The van der Waals surface area contributed by atoms with Crippen LogP contribution in [0.4, 0.5) is 5.69 Å². The van der Waals surface area contributed by atoms with Gasteiger partial charge in [0, 0.05) is 25.2 Å². The number of piperazine rings is 1. The van der Waals surface area contributed by atoms with E-state index in [-0.39, 0.29) is 23.7 Å². The molecule has 8 heteroatoms. The normalized spacial score (nSPS) is 16.5. The molecule has 3 rings (SSSR count). The van der Waals surface area contributed by atoms with Crippen LogP contribution >= 0.6 is 0 Å². The Morgan fingerprint density at radius 2 is 2.03 bits per heavy atom. The van der Waals surface area contributed by atoms with Crippen LogP contribution in [0.2, 0.25) is 0 Å². The fourth-order valence-electron chi connectivity index (χ4n) is 3.78. The molecule has 8 nitrogen and oxygen atoms in total. The molecule has 31 heavy (non-hydrogen) atoms. The van der Waals surface area contributed by atoms with Gasteiger partial charge in [-0.05, 0) is 28.7 Å². The zero-order valence-corrected chi connectivity index (χ0v) is 17.6. The molecule has 2 aromatic rings. The van der Waals surface area contributed by atoms with Crippen LogP contribution in [-0.2, 0) is 9.59 Å². The minimum atomic E-state index is -0.391. The van der Waals surface area contributed by atoms with Crippen molar-refractivity contribution in [2.45, 2.75) is 25.9 Å². The molecule has 2 amide bonds. The smallest absolute Gasteiger partial charge is 0.277 e. The molecule has 0 radical (unpaired) electrons. The average molecular weight is 422 g/mol. The van der Waals surface area contributed by atoms with E-state index in [9.17, 15) is 19.7 Å². The van der Waals surface area contributed by atoms with Crippen molar-refractivity contribution in [3.8, 4) is 11.1 Å². The van der Waals surface area contributed by atoms with E-state index in [1.807, 2.05) is 38.1 Å². The minimum Gasteiger partial charge on any atom is -0.342 e. The summed E-state index contributed by atoms with van der Waals surface area (Å²) in [4.78, 5) is 36.4. The molecule has 0 spiro atoms. The van der Waals surface area contributed by atoms with Gasteiger partial charge in [0.25, 0.3) is 5.69 Å². The Kier molecular flexibility index (Phi) is 7.15. The van der Waals surface area contributed by atoms with E-state index in [0.29, 0.717) is 37.2 Å². The second-order valence-corrected chi connectivity index (χ2v) is 7.65. The van der Waals surface area contributed by atoms with Crippen molar-refractivity contribution in [2.75, 3.05) is 19.6 Å². The predicted molar refractivity (Wildman–Crippen MR) is 119 cm³/mol. The van der Waals surface area contributed by atoms with E-state index in [1.54, 1.807) is 23.1 Å². The lowest BCUT2D eigenvalue weighted by Crippen LogP contribution is -2.57. The number of hydrogen-bond donors (Lipinski definition) is 2. The van der Waals surface area contributed by atoms with Gasteiger partial charge in [-0.25, -0.2) is 0 Å². The molecule has 0 aromatic heterocycles. The Bertz CT molecular complexity index is 1000. The molecule has 1 atom stereocenters. The number of nitro benzene ring substituents is 1. The van der Waals surface area contributed by atoms with E-state index in [2.05, 4.69) is 10.6 Å². The topological polar surface area (TPSA) is 105 Å². The van der Waals surface area contributed by atoms with Crippen molar-refractivity contribution in [1.29, 1.82) is 0 Å². The minimum absolute atomic E-state index is 0.000110. The molecule has 0 aliphatic carbocycles. The molecule has 2 aromatic carbocycles. The average Bonchev–Trinajstić information content (AvgIpc) is 2.77. The highest BCUT2D eigenvalue weighted by Crippen LogP contribution is 2.38. The highest BCUT2D eigenvalue weighted by Gasteiger charge is 2.23. The fourth-order valence-corrected chi connectivity index (χ4v) is 3.78. The van der Waals surface area contributed by atoms with Crippen LogP contribution in [0, 0.1) is 10.1 Å². The third kappa shape index (κ3) is 5.16. The molecular formula is C23H26N4O4. The van der Waals surface area contributed by atoms with Gasteiger partial charge >= 0.3 is 0 Å². The summed E-state index contributed by atoms with van der Waals surface area (Å²) in [6.45, 7) is 5.51. The first kappa shape index (κ1) is 22.2. The van der Waals surface area contributed by atoms with Crippen LogP contribution in [0.3, 0.4) is 0 Å². The van der Waals surface area contributed by atoms with Gasteiger partial charge in [-0.15, -0.1) is 0 Å². The van der Waals surface area contributed by atoms with Crippen molar-refractivity contribution in [3.05, 3.63) is 69.8 Å². The zero-order chi connectivity index (χ0) is 22.4. The van der Waals surface area contributed by atoms with Crippen LogP contribution in [0.1, 0.15) is 30.9 Å². The summed E-state index contributed by atoms with van der Waals surface area (Å²) in [7, 11) is 0. The molecule has 1 saturated heterocycles. The van der Waals surface area contributed by atoms with Crippen molar-refractivity contribution in [3.63, 3.8) is 0 Å². The molecule has 2 N–H and O–H groups in total. The Labute approximate surface area is 181 Å². The first-order chi connectivity index (χ1) is 14.9. The van der Waals surface area contributed by atoms with E-state index < -0.39 is 4.92 Å². The van der Waals surface area contributed by atoms with E-state index in [4.69, 9.17) is 0 Å². The van der Waals surface area contributed by atoms with Gasteiger partial charge in [0.05, 0.1) is 23.2 Å². The second kappa shape index (κ2) is 9.99. The largest absolute Gasteiger partial charge is 0.342 e. The highest BCUT2D eigenvalue weighted by molar-refractivity contribution is 5.94. The number of nitrogens with one attached hydrogen (secondary N) is 2. The SMILES string of the molecule is CC(C)c1ccccc1-c1c(/C=C/C(=O)N2CCNC(NC=O)C2)cccc1[N+](=O)[O-]. The molecule has 1 aliphatic rings. The molecule has 0 bridgehead atoms. The van der Waals surface area contributed by atoms with Crippen molar-refractivity contribution < 1.29 is 14.5 Å². The number of carbonyl (C=O) groups is 2. The van der Waals surface area contributed by atoms with Gasteiger partial charge in [-0.2, -0.15) is 0 Å². The van der Waals surface area contributed by atoms with Crippen molar-refractivity contribution in [1.82, 2.24) is 15.5 Å².